The molecule has 0 aliphatic rings. The standard InChI is InChI=1S/C17H25N5O3S/c1-12-15(11-19-22(12)17(2,3)4)16(23)21-13-6-5-7-14(10-13)26(24,25)20-9-8-18/h5-7,10-11,20H,8-9,18H2,1-4H3,(H,21,23). The van der Waals surface area contributed by atoms with Crippen molar-refractivity contribution in [2.75, 3.05) is 18.4 Å². The fourth-order valence-electron chi connectivity index (χ4n) is 2.52. The summed E-state index contributed by atoms with van der Waals surface area (Å²) in [7, 11) is -3.67. The molecule has 2 aromatic rings. The summed E-state index contributed by atoms with van der Waals surface area (Å²) in [6.07, 6.45) is 1.51. The summed E-state index contributed by atoms with van der Waals surface area (Å²) in [4.78, 5) is 12.6. The number of amides is 1. The van der Waals surface area contributed by atoms with E-state index in [2.05, 4.69) is 15.1 Å². The Kier molecular flexibility index (Phi) is 5.84. The van der Waals surface area contributed by atoms with Crippen LogP contribution in [0.5, 0.6) is 0 Å². The van der Waals surface area contributed by atoms with E-state index >= 15 is 0 Å². The van der Waals surface area contributed by atoms with Crippen molar-refractivity contribution in [2.24, 2.45) is 5.73 Å². The molecule has 1 aromatic heterocycles. The summed E-state index contributed by atoms with van der Waals surface area (Å²) < 4.78 is 28.5. The maximum Gasteiger partial charge on any atom is 0.259 e. The lowest BCUT2D eigenvalue weighted by Crippen LogP contribution is -2.29. The minimum Gasteiger partial charge on any atom is -0.329 e. The van der Waals surface area contributed by atoms with E-state index in [0.717, 1.165) is 5.69 Å². The second-order valence-corrected chi connectivity index (χ2v) is 8.66. The Morgan fingerprint density at radius 1 is 1.31 bits per heavy atom. The van der Waals surface area contributed by atoms with E-state index in [4.69, 9.17) is 5.73 Å². The van der Waals surface area contributed by atoms with Crippen LogP contribution in [0.3, 0.4) is 0 Å². The zero-order chi connectivity index (χ0) is 19.5. The second-order valence-electron chi connectivity index (χ2n) is 6.89. The zero-order valence-electron chi connectivity index (χ0n) is 15.4. The molecule has 4 N–H and O–H groups in total. The molecule has 0 atom stereocenters. The molecule has 8 nitrogen and oxygen atoms in total. The quantitative estimate of drug-likeness (QED) is 0.701. The first-order valence-corrected chi connectivity index (χ1v) is 9.71. The third-order valence-electron chi connectivity index (χ3n) is 3.73. The van der Waals surface area contributed by atoms with Gasteiger partial charge < -0.3 is 11.1 Å². The van der Waals surface area contributed by atoms with Crippen LogP contribution >= 0.6 is 0 Å². The number of nitrogens with one attached hydrogen (secondary N) is 2. The van der Waals surface area contributed by atoms with Gasteiger partial charge in [-0.3, -0.25) is 9.48 Å². The van der Waals surface area contributed by atoms with Crippen LogP contribution in [0.2, 0.25) is 0 Å². The van der Waals surface area contributed by atoms with Gasteiger partial charge in [0.15, 0.2) is 0 Å². The van der Waals surface area contributed by atoms with E-state index in [1.165, 1.54) is 18.3 Å². The van der Waals surface area contributed by atoms with Crippen LogP contribution in [-0.2, 0) is 15.6 Å². The Labute approximate surface area is 153 Å². The van der Waals surface area contributed by atoms with Gasteiger partial charge in [-0.2, -0.15) is 5.10 Å². The summed E-state index contributed by atoms with van der Waals surface area (Å²) in [6.45, 7) is 8.16. The van der Waals surface area contributed by atoms with Crippen molar-refractivity contribution in [2.45, 2.75) is 38.1 Å². The maximum absolute atomic E-state index is 12.6. The molecule has 0 fully saturated rings. The molecule has 0 bridgehead atoms. The number of carbonyl (C=O) groups is 1. The van der Waals surface area contributed by atoms with Crippen LogP contribution in [0.1, 0.15) is 36.8 Å². The van der Waals surface area contributed by atoms with Gasteiger partial charge in [-0.05, 0) is 45.9 Å². The van der Waals surface area contributed by atoms with E-state index in [0.29, 0.717) is 11.3 Å². The molecule has 0 saturated carbocycles. The zero-order valence-corrected chi connectivity index (χ0v) is 16.2. The number of hydrogen-bond donors (Lipinski definition) is 3. The molecule has 2 rings (SSSR count). The van der Waals surface area contributed by atoms with Gasteiger partial charge in [0, 0.05) is 24.5 Å². The summed E-state index contributed by atoms with van der Waals surface area (Å²) in [5, 5.41) is 7.00. The highest BCUT2D eigenvalue weighted by molar-refractivity contribution is 7.89. The topological polar surface area (TPSA) is 119 Å². The van der Waals surface area contributed by atoms with E-state index in [1.807, 2.05) is 27.7 Å². The fraction of sp³-hybridized carbons (Fsp3) is 0.412. The molecule has 0 aliphatic carbocycles. The molecule has 0 aliphatic heterocycles. The highest BCUT2D eigenvalue weighted by Gasteiger charge is 2.22. The van der Waals surface area contributed by atoms with Crippen LogP contribution in [0, 0.1) is 6.92 Å². The fourth-order valence-corrected chi connectivity index (χ4v) is 3.62. The average Bonchev–Trinajstić information content (AvgIpc) is 2.95. The number of rotatable bonds is 6. The van der Waals surface area contributed by atoms with Gasteiger partial charge >= 0.3 is 0 Å². The van der Waals surface area contributed by atoms with Crippen molar-refractivity contribution < 1.29 is 13.2 Å². The van der Waals surface area contributed by atoms with Crippen molar-refractivity contribution in [3.05, 3.63) is 41.7 Å². The molecule has 0 spiro atoms. The Bertz CT molecular complexity index is 897. The van der Waals surface area contributed by atoms with Crippen molar-refractivity contribution in [1.29, 1.82) is 0 Å². The number of sulfonamides is 1. The minimum atomic E-state index is -3.67. The second kappa shape index (κ2) is 7.56. The molecule has 0 saturated heterocycles. The van der Waals surface area contributed by atoms with Crippen molar-refractivity contribution in [1.82, 2.24) is 14.5 Å². The number of carbonyl (C=O) groups excluding carboxylic acids is 1. The Hall–Kier alpha value is -2.23. The largest absolute Gasteiger partial charge is 0.329 e. The lowest BCUT2D eigenvalue weighted by molar-refractivity contribution is 0.102. The van der Waals surface area contributed by atoms with Crippen molar-refractivity contribution in [3.63, 3.8) is 0 Å². The van der Waals surface area contributed by atoms with Crippen LogP contribution in [-0.4, -0.2) is 37.2 Å². The lowest BCUT2D eigenvalue weighted by atomic mass is 10.1. The number of aromatic nitrogens is 2. The summed E-state index contributed by atoms with van der Waals surface area (Å²) in [6, 6.07) is 6.05. The Morgan fingerprint density at radius 3 is 2.58 bits per heavy atom. The molecule has 1 aromatic carbocycles. The molecule has 0 unspecified atom stereocenters. The minimum absolute atomic E-state index is 0.0610. The van der Waals surface area contributed by atoms with Gasteiger partial charge in [-0.15, -0.1) is 0 Å². The van der Waals surface area contributed by atoms with Gasteiger partial charge in [0.25, 0.3) is 5.91 Å². The predicted molar refractivity (Wildman–Crippen MR) is 101 cm³/mol. The third kappa shape index (κ3) is 4.48. The molecular formula is C17H25N5O3S. The van der Waals surface area contributed by atoms with Crippen LogP contribution in [0.4, 0.5) is 5.69 Å². The summed E-state index contributed by atoms with van der Waals surface area (Å²) >= 11 is 0. The van der Waals surface area contributed by atoms with Crippen molar-refractivity contribution >= 4 is 21.6 Å². The SMILES string of the molecule is Cc1c(C(=O)Nc2cccc(S(=O)(=O)NCCN)c2)cnn1C(C)(C)C. The molecule has 26 heavy (non-hydrogen) atoms. The highest BCUT2D eigenvalue weighted by Crippen LogP contribution is 2.20. The van der Waals surface area contributed by atoms with Crippen LogP contribution < -0.4 is 15.8 Å². The predicted octanol–water partition coefficient (Wildman–Crippen LogP) is 1.44. The third-order valence-corrected chi connectivity index (χ3v) is 5.19. The number of anilines is 1. The normalized spacial score (nSPS) is 12.2. The average molecular weight is 379 g/mol. The number of hydrogen-bond acceptors (Lipinski definition) is 5. The summed E-state index contributed by atoms with van der Waals surface area (Å²) in [5.41, 5.74) is 6.65. The van der Waals surface area contributed by atoms with E-state index < -0.39 is 10.0 Å². The number of nitrogens with two attached hydrogens (primary N) is 1. The smallest absolute Gasteiger partial charge is 0.259 e. The first-order chi connectivity index (χ1) is 12.1. The van der Waals surface area contributed by atoms with E-state index in [9.17, 15) is 13.2 Å². The van der Waals surface area contributed by atoms with Gasteiger partial charge in [-0.1, -0.05) is 6.07 Å². The van der Waals surface area contributed by atoms with Crippen molar-refractivity contribution in [3.8, 4) is 0 Å². The number of nitrogens with zero attached hydrogens (tertiary/aromatic N) is 2. The highest BCUT2D eigenvalue weighted by atomic mass is 32.2. The first-order valence-electron chi connectivity index (χ1n) is 8.22. The molecule has 1 heterocycles. The Balaban J connectivity index is 2.23. The van der Waals surface area contributed by atoms with Gasteiger partial charge in [-0.25, -0.2) is 13.1 Å². The van der Waals surface area contributed by atoms with Crippen LogP contribution in [0.25, 0.3) is 0 Å². The molecule has 9 heteroatoms. The molecule has 0 radical (unpaired) electrons. The molecule has 1 amide bonds. The monoisotopic (exact) mass is 379 g/mol. The van der Waals surface area contributed by atoms with E-state index in [-0.39, 0.29) is 29.4 Å². The van der Waals surface area contributed by atoms with Crippen LogP contribution in [0.15, 0.2) is 35.4 Å². The maximum atomic E-state index is 12.6. The van der Waals surface area contributed by atoms with E-state index in [1.54, 1.807) is 16.8 Å². The summed E-state index contributed by atoms with van der Waals surface area (Å²) in [5.74, 6) is -0.345. The lowest BCUT2D eigenvalue weighted by Gasteiger charge is -2.21. The molecule has 142 valence electrons. The number of benzene rings is 1. The molecular weight excluding hydrogens is 354 g/mol. The van der Waals surface area contributed by atoms with Gasteiger partial charge in [0.1, 0.15) is 0 Å². The van der Waals surface area contributed by atoms with Gasteiger partial charge in [0.05, 0.1) is 22.2 Å². The first kappa shape index (κ1) is 20.1. The van der Waals surface area contributed by atoms with Gasteiger partial charge in [0.2, 0.25) is 10.0 Å². The Morgan fingerprint density at radius 2 is 2.00 bits per heavy atom.